The predicted octanol–water partition coefficient (Wildman–Crippen LogP) is 0.166. The lowest BCUT2D eigenvalue weighted by Crippen LogP contribution is -2.24. The van der Waals surface area contributed by atoms with E-state index >= 15 is 0 Å². The number of hydrogen-bond donors (Lipinski definition) is 2. The van der Waals surface area contributed by atoms with E-state index in [9.17, 15) is 0 Å². The van der Waals surface area contributed by atoms with Gasteiger partial charge in [0, 0.05) is 18.8 Å². The lowest BCUT2D eigenvalue weighted by atomic mass is 10.3. The number of nitrogens with one attached hydrogen (secondary N) is 2. The van der Waals surface area contributed by atoms with E-state index < -0.39 is 0 Å². The van der Waals surface area contributed by atoms with Gasteiger partial charge in [0.25, 0.3) is 0 Å². The van der Waals surface area contributed by atoms with Gasteiger partial charge in [-0.25, -0.2) is 0 Å². The second-order valence-corrected chi connectivity index (χ2v) is 1.56. The summed E-state index contributed by atoms with van der Waals surface area (Å²) in [5, 5.41) is 10.1. The zero-order valence-corrected chi connectivity index (χ0v) is 4.07. The van der Waals surface area contributed by atoms with Gasteiger partial charge in [-0.05, 0) is 6.08 Å². The molecule has 0 fully saturated rings. The Morgan fingerprint density at radius 1 is 1.71 bits per heavy atom. The van der Waals surface area contributed by atoms with Crippen LogP contribution in [-0.4, -0.2) is 18.8 Å². The summed E-state index contributed by atoms with van der Waals surface area (Å²) in [5.41, 5.74) is 0.672. The molecule has 1 heterocycles. The largest absolute Gasteiger partial charge is 0.308 e. The molecule has 0 aromatic heterocycles. The monoisotopic (exact) mass is 96.1 g/mol. The first-order valence-electron chi connectivity index (χ1n) is 2.34. The standard InChI is InChI=1S/C5H8N2/c6-5-2-1-3-7-4-5/h1-2,6-7H,3-4H2. The van der Waals surface area contributed by atoms with Gasteiger partial charge in [0.05, 0.1) is 0 Å². The van der Waals surface area contributed by atoms with E-state index in [4.69, 9.17) is 5.41 Å². The molecule has 2 N–H and O–H groups in total. The molecule has 0 bridgehead atoms. The molecule has 0 aromatic carbocycles. The van der Waals surface area contributed by atoms with Gasteiger partial charge in [-0.1, -0.05) is 6.08 Å². The molecular formula is C5H8N2. The minimum atomic E-state index is 0.672. The van der Waals surface area contributed by atoms with E-state index in [0.29, 0.717) is 5.71 Å². The third kappa shape index (κ3) is 1.12. The van der Waals surface area contributed by atoms with Crippen molar-refractivity contribution in [3.63, 3.8) is 0 Å². The molecule has 0 aliphatic carbocycles. The van der Waals surface area contributed by atoms with Crippen molar-refractivity contribution < 1.29 is 0 Å². The molecule has 0 unspecified atom stereocenters. The molecule has 38 valence electrons. The third-order valence-electron chi connectivity index (χ3n) is 0.897. The van der Waals surface area contributed by atoms with Gasteiger partial charge in [-0.3, -0.25) is 0 Å². The smallest absolute Gasteiger partial charge is 0.0449 e. The highest BCUT2D eigenvalue weighted by Gasteiger charge is 1.92. The molecule has 0 saturated carbocycles. The summed E-state index contributed by atoms with van der Waals surface area (Å²) >= 11 is 0. The highest BCUT2D eigenvalue weighted by Crippen LogP contribution is 1.81. The highest BCUT2D eigenvalue weighted by atomic mass is 14.9. The molecule has 0 atom stereocenters. The van der Waals surface area contributed by atoms with Crippen molar-refractivity contribution >= 4 is 5.71 Å². The van der Waals surface area contributed by atoms with E-state index in [0.717, 1.165) is 13.1 Å². The Hall–Kier alpha value is -0.630. The Balaban J connectivity index is 2.51. The highest BCUT2D eigenvalue weighted by molar-refractivity contribution is 5.94. The second kappa shape index (κ2) is 1.89. The van der Waals surface area contributed by atoms with Crippen LogP contribution in [0.1, 0.15) is 0 Å². The third-order valence-corrected chi connectivity index (χ3v) is 0.897. The molecule has 1 rings (SSSR count). The fourth-order valence-electron chi connectivity index (χ4n) is 0.550. The molecule has 0 saturated heterocycles. The Morgan fingerprint density at radius 3 is 2.86 bits per heavy atom. The fraction of sp³-hybridized carbons (Fsp3) is 0.400. The molecule has 2 heteroatoms. The van der Waals surface area contributed by atoms with Gasteiger partial charge in [0.15, 0.2) is 0 Å². The van der Waals surface area contributed by atoms with Crippen molar-refractivity contribution in [3.8, 4) is 0 Å². The molecule has 1 aliphatic heterocycles. The molecular weight excluding hydrogens is 88.1 g/mol. The van der Waals surface area contributed by atoms with Crippen LogP contribution >= 0.6 is 0 Å². The number of rotatable bonds is 0. The van der Waals surface area contributed by atoms with Gasteiger partial charge in [-0.15, -0.1) is 0 Å². The zero-order chi connectivity index (χ0) is 5.11. The van der Waals surface area contributed by atoms with Crippen LogP contribution < -0.4 is 5.32 Å². The average Bonchev–Trinajstić information content (AvgIpc) is 1.69. The van der Waals surface area contributed by atoms with Gasteiger partial charge in [-0.2, -0.15) is 0 Å². The summed E-state index contributed by atoms with van der Waals surface area (Å²) in [6.45, 7) is 1.65. The minimum Gasteiger partial charge on any atom is -0.308 e. The van der Waals surface area contributed by atoms with Crippen molar-refractivity contribution in [1.82, 2.24) is 5.32 Å². The molecule has 1 aliphatic rings. The molecule has 7 heavy (non-hydrogen) atoms. The molecule has 2 nitrogen and oxygen atoms in total. The van der Waals surface area contributed by atoms with Crippen molar-refractivity contribution in [2.24, 2.45) is 0 Å². The average molecular weight is 96.1 g/mol. The first-order chi connectivity index (χ1) is 3.39. The Labute approximate surface area is 42.7 Å². The summed E-state index contributed by atoms with van der Waals surface area (Å²) in [6.07, 6.45) is 3.78. The Bertz CT molecular complexity index is 105. The fourth-order valence-corrected chi connectivity index (χ4v) is 0.550. The van der Waals surface area contributed by atoms with Crippen molar-refractivity contribution in [3.05, 3.63) is 12.2 Å². The maximum atomic E-state index is 7.04. The van der Waals surface area contributed by atoms with Crippen LogP contribution in [0.5, 0.6) is 0 Å². The van der Waals surface area contributed by atoms with E-state index in [1.54, 1.807) is 0 Å². The SMILES string of the molecule is N=C1C=CCNC1. The Kier molecular flexibility index (Phi) is 1.22. The summed E-state index contributed by atoms with van der Waals surface area (Å²) < 4.78 is 0. The van der Waals surface area contributed by atoms with Gasteiger partial charge >= 0.3 is 0 Å². The van der Waals surface area contributed by atoms with Crippen LogP contribution in [0.15, 0.2) is 12.2 Å². The predicted molar refractivity (Wildman–Crippen MR) is 29.7 cm³/mol. The van der Waals surface area contributed by atoms with E-state index in [-0.39, 0.29) is 0 Å². The van der Waals surface area contributed by atoms with Crippen LogP contribution in [0.2, 0.25) is 0 Å². The van der Waals surface area contributed by atoms with E-state index in [1.807, 2.05) is 12.2 Å². The first-order valence-corrected chi connectivity index (χ1v) is 2.34. The van der Waals surface area contributed by atoms with Gasteiger partial charge in [0.2, 0.25) is 0 Å². The number of hydrogen-bond acceptors (Lipinski definition) is 2. The maximum Gasteiger partial charge on any atom is 0.0449 e. The van der Waals surface area contributed by atoms with Crippen molar-refractivity contribution in [1.29, 1.82) is 5.41 Å². The Morgan fingerprint density at radius 2 is 2.57 bits per heavy atom. The normalized spacial score (nSPS) is 20.3. The minimum absolute atomic E-state index is 0.672. The molecule has 0 spiro atoms. The zero-order valence-electron chi connectivity index (χ0n) is 4.07. The molecule has 0 amide bonds. The summed E-state index contributed by atoms with van der Waals surface area (Å²) in [7, 11) is 0. The quantitative estimate of drug-likeness (QED) is 0.443. The van der Waals surface area contributed by atoms with E-state index in [1.165, 1.54) is 0 Å². The van der Waals surface area contributed by atoms with Crippen LogP contribution in [0.3, 0.4) is 0 Å². The first kappa shape index (κ1) is 4.53. The lowest BCUT2D eigenvalue weighted by molar-refractivity contribution is 0.849. The second-order valence-electron chi connectivity index (χ2n) is 1.56. The van der Waals surface area contributed by atoms with Crippen molar-refractivity contribution in [2.75, 3.05) is 13.1 Å². The van der Waals surface area contributed by atoms with Crippen LogP contribution in [0.4, 0.5) is 0 Å². The van der Waals surface area contributed by atoms with Crippen LogP contribution in [-0.2, 0) is 0 Å². The van der Waals surface area contributed by atoms with Crippen LogP contribution in [0, 0.1) is 5.41 Å². The summed E-state index contributed by atoms with van der Waals surface area (Å²) in [6, 6.07) is 0. The molecule has 0 radical (unpaired) electrons. The topological polar surface area (TPSA) is 35.9 Å². The lowest BCUT2D eigenvalue weighted by Gasteiger charge is -2.03. The van der Waals surface area contributed by atoms with Gasteiger partial charge < -0.3 is 10.7 Å². The van der Waals surface area contributed by atoms with Gasteiger partial charge in [0.1, 0.15) is 0 Å². The molecule has 0 aromatic rings. The van der Waals surface area contributed by atoms with Crippen molar-refractivity contribution in [2.45, 2.75) is 0 Å². The maximum absolute atomic E-state index is 7.04. The summed E-state index contributed by atoms with van der Waals surface area (Å²) in [4.78, 5) is 0. The van der Waals surface area contributed by atoms with E-state index in [2.05, 4.69) is 5.32 Å². The van der Waals surface area contributed by atoms with Crippen LogP contribution in [0.25, 0.3) is 0 Å². The summed E-state index contributed by atoms with van der Waals surface area (Å²) in [5.74, 6) is 0.